The van der Waals surface area contributed by atoms with E-state index < -0.39 is 6.04 Å². The summed E-state index contributed by atoms with van der Waals surface area (Å²) < 4.78 is 0. The van der Waals surface area contributed by atoms with Crippen LogP contribution in [0.5, 0.6) is 0 Å². The molecule has 0 aromatic rings. The van der Waals surface area contributed by atoms with E-state index in [0.29, 0.717) is 13.0 Å². The maximum atomic E-state index is 11.3. The van der Waals surface area contributed by atoms with Gasteiger partial charge in [0.1, 0.15) is 6.04 Å². The van der Waals surface area contributed by atoms with Crippen molar-refractivity contribution in [2.75, 3.05) is 6.54 Å². The van der Waals surface area contributed by atoms with E-state index in [0.717, 1.165) is 0 Å². The molecule has 66 valence electrons. The van der Waals surface area contributed by atoms with Gasteiger partial charge in [-0.1, -0.05) is 6.08 Å². The van der Waals surface area contributed by atoms with Crippen molar-refractivity contribution in [1.29, 1.82) is 0 Å². The van der Waals surface area contributed by atoms with E-state index in [-0.39, 0.29) is 11.9 Å². The third kappa shape index (κ3) is 1.32. The molecule has 0 aromatic heterocycles. The zero-order chi connectivity index (χ0) is 9.14. The van der Waals surface area contributed by atoms with Gasteiger partial charge in [-0.2, -0.15) is 0 Å². The monoisotopic (exact) mass is 168 g/mol. The van der Waals surface area contributed by atoms with Gasteiger partial charge in [0.15, 0.2) is 0 Å². The Balaban J connectivity index is 2.68. The Kier molecular flexibility index (Phi) is 2.47. The van der Waals surface area contributed by atoms with Crippen LogP contribution in [0.4, 0.5) is 4.79 Å². The molecule has 0 radical (unpaired) electrons. The van der Waals surface area contributed by atoms with Crippen molar-refractivity contribution in [1.82, 2.24) is 10.2 Å². The van der Waals surface area contributed by atoms with Crippen LogP contribution in [0.3, 0.4) is 0 Å². The fourth-order valence-electron chi connectivity index (χ4n) is 1.20. The molecule has 4 heteroatoms. The molecule has 1 heterocycles. The molecular formula is C8H12N2O2. The summed E-state index contributed by atoms with van der Waals surface area (Å²) in [5.74, 6) is -0.151. The van der Waals surface area contributed by atoms with E-state index in [4.69, 9.17) is 0 Å². The van der Waals surface area contributed by atoms with Crippen LogP contribution in [0, 0.1) is 0 Å². The average molecular weight is 168 g/mol. The summed E-state index contributed by atoms with van der Waals surface area (Å²) in [5, 5.41) is 2.57. The largest absolute Gasteiger partial charge is 0.325 e. The van der Waals surface area contributed by atoms with Crippen molar-refractivity contribution < 1.29 is 9.59 Å². The summed E-state index contributed by atoms with van der Waals surface area (Å²) in [6.07, 6.45) is 2.13. The third-order valence-electron chi connectivity index (χ3n) is 1.83. The van der Waals surface area contributed by atoms with Crippen LogP contribution >= 0.6 is 0 Å². The molecule has 1 aliphatic heterocycles. The zero-order valence-electron chi connectivity index (χ0n) is 7.04. The topological polar surface area (TPSA) is 49.4 Å². The van der Waals surface area contributed by atoms with Crippen molar-refractivity contribution in [2.45, 2.75) is 19.4 Å². The third-order valence-corrected chi connectivity index (χ3v) is 1.83. The molecule has 1 rings (SSSR count). The van der Waals surface area contributed by atoms with E-state index in [1.54, 1.807) is 13.0 Å². The number of urea groups is 1. The summed E-state index contributed by atoms with van der Waals surface area (Å²) in [6.45, 7) is 5.71. The molecule has 0 saturated carbocycles. The second-order valence-corrected chi connectivity index (χ2v) is 2.61. The summed E-state index contributed by atoms with van der Waals surface area (Å²) >= 11 is 0. The van der Waals surface area contributed by atoms with Gasteiger partial charge >= 0.3 is 6.03 Å². The van der Waals surface area contributed by atoms with Gasteiger partial charge in [0, 0.05) is 6.54 Å². The number of hydrogen-bond acceptors (Lipinski definition) is 2. The predicted octanol–water partition coefficient (Wildman–Crippen LogP) is 0.503. The number of carbonyl (C=O) groups is 2. The van der Waals surface area contributed by atoms with Gasteiger partial charge in [-0.05, 0) is 13.3 Å². The Hall–Kier alpha value is -1.32. The highest BCUT2D eigenvalue weighted by Crippen LogP contribution is 2.08. The molecule has 1 aliphatic rings. The van der Waals surface area contributed by atoms with Crippen molar-refractivity contribution in [2.24, 2.45) is 0 Å². The molecule has 1 unspecified atom stereocenters. The number of carbonyl (C=O) groups excluding carboxylic acids is 2. The minimum absolute atomic E-state index is 0.151. The summed E-state index contributed by atoms with van der Waals surface area (Å²) in [7, 11) is 0. The lowest BCUT2D eigenvalue weighted by atomic mass is 10.2. The number of likely N-dealkylation sites (N-methyl/N-ethyl adjacent to an activating group) is 1. The lowest BCUT2D eigenvalue weighted by Crippen LogP contribution is -2.30. The van der Waals surface area contributed by atoms with E-state index in [1.807, 2.05) is 0 Å². The molecule has 1 saturated heterocycles. The zero-order valence-corrected chi connectivity index (χ0v) is 7.04. The second-order valence-electron chi connectivity index (χ2n) is 2.61. The van der Waals surface area contributed by atoms with E-state index >= 15 is 0 Å². The van der Waals surface area contributed by atoms with Crippen molar-refractivity contribution >= 4 is 11.9 Å². The number of rotatable bonds is 3. The van der Waals surface area contributed by atoms with Crippen LogP contribution in [0.1, 0.15) is 13.3 Å². The first kappa shape index (κ1) is 8.77. The maximum Gasteiger partial charge on any atom is 0.324 e. The lowest BCUT2D eigenvalue weighted by Gasteiger charge is -2.07. The summed E-state index contributed by atoms with van der Waals surface area (Å²) in [4.78, 5) is 23.6. The first-order chi connectivity index (χ1) is 5.70. The van der Waals surface area contributed by atoms with Gasteiger partial charge in [-0.15, -0.1) is 6.58 Å². The first-order valence-electron chi connectivity index (χ1n) is 3.93. The Labute approximate surface area is 71.2 Å². The van der Waals surface area contributed by atoms with Gasteiger partial charge in [0.05, 0.1) is 0 Å². The molecule has 4 nitrogen and oxygen atoms in total. The minimum atomic E-state index is -0.394. The summed E-state index contributed by atoms with van der Waals surface area (Å²) in [5.41, 5.74) is 0. The minimum Gasteiger partial charge on any atom is -0.325 e. The Morgan fingerprint density at radius 3 is 2.75 bits per heavy atom. The number of nitrogens with one attached hydrogen (secondary N) is 1. The van der Waals surface area contributed by atoms with Crippen LogP contribution in [-0.2, 0) is 4.79 Å². The van der Waals surface area contributed by atoms with Crippen LogP contribution in [-0.4, -0.2) is 29.4 Å². The number of amides is 3. The Morgan fingerprint density at radius 1 is 1.67 bits per heavy atom. The van der Waals surface area contributed by atoms with E-state index in [1.165, 1.54) is 4.90 Å². The maximum absolute atomic E-state index is 11.3. The molecular weight excluding hydrogens is 156 g/mol. The fraction of sp³-hybridized carbons (Fsp3) is 0.500. The van der Waals surface area contributed by atoms with Gasteiger partial charge < -0.3 is 5.32 Å². The van der Waals surface area contributed by atoms with Gasteiger partial charge in [0.2, 0.25) is 0 Å². The predicted molar refractivity (Wildman–Crippen MR) is 44.5 cm³/mol. The number of hydrogen-bond donors (Lipinski definition) is 1. The molecule has 1 atom stereocenters. The standard InChI is InChI=1S/C8H12N2O2/c1-3-5-6-7(11)10(4-2)8(12)9-6/h3,6H,1,4-5H2,2H3,(H,9,12). The normalized spacial score (nSPS) is 22.8. The average Bonchev–Trinajstić information content (AvgIpc) is 2.29. The number of nitrogens with zero attached hydrogens (tertiary/aromatic N) is 1. The lowest BCUT2D eigenvalue weighted by molar-refractivity contribution is -0.127. The molecule has 3 amide bonds. The SMILES string of the molecule is C=CCC1NC(=O)N(CC)C1=O. The fourth-order valence-corrected chi connectivity index (χ4v) is 1.20. The van der Waals surface area contributed by atoms with Gasteiger partial charge in [-0.3, -0.25) is 9.69 Å². The van der Waals surface area contributed by atoms with Crippen LogP contribution in [0.25, 0.3) is 0 Å². The highest BCUT2D eigenvalue weighted by molar-refractivity contribution is 6.04. The van der Waals surface area contributed by atoms with Crippen LogP contribution in [0.2, 0.25) is 0 Å². The molecule has 1 N–H and O–H groups in total. The van der Waals surface area contributed by atoms with Gasteiger partial charge in [-0.25, -0.2) is 4.79 Å². The smallest absolute Gasteiger partial charge is 0.324 e. The molecule has 0 spiro atoms. The molecule has 1 fully saturated rings. The molecule has 0 aromatic carbocycles. The highest BCUT2D eigenvalue weighted by atomic mass is 16.2. The van der Waals surface area contributed by atoms with Gasteiger partial charge in [0.25, 0.3) is 5.91 Å². The highest BCUT2D eigenvalue weighted by Gasteiger charge is 2.35. The van der Waals surface area contributed by atoms with Crippen molar-refractivity contribution in [3.05, 3.63) is 12.7 Å². The van der Waals surface area contributed by atoms with Crippen LogP contribution < -0.4 is 5.32 Å². The Bertz CT molecular complexity index is 225. The van der Waals surface area contributed by atoms with Crippen LogP contribution in [0.15, 0.2) is 12.7 Å². The van der Waals surface area contributed by atoms with Crippen molar-refractivity contribution in [3.63, 3.8) is 0 Å². The van der Waals surface area contributed by atoms with E-state index in [2.05, 4.69) is 11.9 Å². The second kappa shape index (κ2) is 3.38. The van der Waals surface area contributed by atoms with Crippen molar-refractivity contribution in [3.8, 4) is 0 Å². The molecule has 0 bridgehead atoms. The number of imide groups is 1. The molecule has 0 aliphatic carbocycles. The molecule has 12 heavy (non-hydrogen) atoms. The summed E-state index contributed by atoms with van der Waals surface area (Å²) in [6, 6.07) is -0.690. The quantitative estimate of drug-likeness (QED) is 0.493. The Morgan fingerprint density at radius 2 is 2.33 bits per heavy atom. The first-order valence-corrected chi connectivity index (χ1v) is 3.93. The van der Waals surface area contributed by atoms with E-state index in [9.17, 15) is 9.59 Å².